The second-order valence-electron chi connectivity index (χ2n) is 11.5. The molecule has 8 atom stereocenters. The minimum absolute atomic E-state index is 0.0704. The molecule has 8 heteroatoms. The van der Waals surface area contributed by atoms with Gasteiger partial charge in [0.05, 0.1) is 63.2 Å². The Hall–Kier alpha value is -3.62. The average Bonchev–Trinajstić information content (AvgIpc) is 3.34. The number of ether oxygens (including phenoxy) is 2. The van der Waals surface area contributed by atoms with Crippen LogP contribution in [0.1, 0.15) is 11.1 Å². The molecule has 4 amide bonds. The van der Waals surface area contributed by atoms with Crippen molar-refractivity contribution in [1.29, 1.82) is 0 Å². The van der Waals surface area contributed by atoms with Crippen molar-refractivity contribution in [3.05, 3.63) is 83.9 Å². The van der Waals surface area contributed by atoms with Crippen LogP contribution in [0.3, 0.4) is 0 Å². The monoisotopic (exact) mass is 540 g/mol. The fraction of sp³-hybridized carbons (Fsp3) is 0.438. The van der Waals surface area contributed by atoms with Gasteiger partial charge in [-0.2, -0.15) is 0 Å². The topological polar surface area (TPSA) is 93.2 Å². The Kier molecular flexibility index (Phi) is 6.40. The van der Waals surface area contributed by atoms with Crippen LogP contribution in [-0.4, -0.2) is 59.7 Å². The van der Waals surface area contributed by atoms with Crippen LogP contribution in [-0.2, 0) is 41.9 Å². The first-order valence-electron chi connectivity index (χ1n) is 14.2. The SMILES string of the molecule is O=C1[C@@H]2[C@H]3C=C[C@@H]([C@@H]2C(=O)N1CCOCc1ccccc1)[C@@H]1[C@@H]2C(=O)N(CCOCc4ccccc4)C(=O)[C@H]2[C@@H]31. The first kappa shape index (κ1) is 25.4. The lowest BCUT2D eigenvalue weighted by atomic mass is 9.40. The summed E-state index contributed by atoms with van der Waals surface area (Å²) in [6.45, 7) is 1.82. The second kappa shape index (κ2) is 10.1. The van der Waals surface area contributed by atoms with Gasteiger partial charge in [0, 0.05) is 0 Å². The summed E-state index contributed by atoms with van der Waals surface area (Å²) in [5, 5.41) is 0. The number of likely N-dealkylation sites (tertiary alicyclic amines) is 2. The van der Waals surface area contributed by atoms with Gasteiger partial charge in [-0.05, 0) is 34.8 Å². The summed E-state index contributed by atoms with van der Waals surface area (Å²) in [7, 11) is 0. The lowest BCUT2D eigenvalue weighted by Crippen LogP contribution is -2.63. The Morgan fingerprint density at radius 2 is 0.900 bits per heavy atom. The number of hydrogen-bond acceptors (Lipinski definition) is 6. The van der Waals surface area contributed by atoms with Crippen LogP contribution in [0.15, 0.2) is 72.8 Å². The fourth-order valence-corrected chi connectivity index (χ4v) is 8.01. The minimum atomic E-state index is -0.454. The summed E-state index contributed by atoms with van der Waals surface area (Å²) in [5.74, 6) is -2.89. The molecule has 8 rings (SSSR count). The van der Waals surface area contributed by atoms with Crippen LogP contribution in [0, 0.1) is 47.3 Å². The van der Waals surface area contributed by atoms with Crippen LogP contribution >= 0.6 is 0 Å². The Balaban J connectivity index is 0.993. The van der Waals surface area contributed by atoms with Gasteiger partial charge < -0.3 is 9.47 Å². The third kappa shape index (κ3) is 3.88. The predicted octanol–water partition coefficient (Wildman–Crippen LogP) is 2.68. The quantitative estimate of drug-likeness (QED) is 0.261. The van der Waals surface area contributed by atoms with Crippen molar-refractivity contribution >= 4 is 23.6 Å². The molecule has 4 fully saturated rings. The highest BCUT2D eigenvalue weighted by Crippen LogP contribution is 2.68. The molecule has 2 aromatic rings. The Morgan fingerprint density at radius 1 is 0.525 bits per heavy atom. The molecular formula is C32H32N2O6. The number of carbonyl (C=O) groups excluding carboxylic acids is 4. The van der Waals surface area contributed by atoms with Gasteiger partial charge in [-0.15, -0.1) is 0 Å². The Bertz CT molecular complexity index is 1300. The third-order valence-electron chi connectivity index (χ3n) is 9.67. The maximum Gasteiger partial charge on any atom is 0.233 e. The van der Waals surface area contributed by atoms with Crippen molar-refractivity contribution in [2.45, 2.75) is 13.2 Å². The highest BCUT2D eigenvalue weighted by molar-refractivity contribution is 6.09. The number of allylic oxidation sites excluding steroid dienone is 2. The largest absolute Gasteiger partial charge is 0.375 e. The van der Waals surface area contributed by atoms with E-state index in [4.69, 9.17) is 9.47 Å². The zero-order valence-corrected chi connectivity index (χ0v) is 22.1. The lowest BCUT2D eigenvalue weighted by Gasteiger charge is -2.60. The molecule has 2 aliphatic heterocycles. The van der Waals surface area contributed by atoms with Gasteiger partial charge in [0.15, 0.2) is 0 Å². The summed E-state index contributed by atoms with van der Waals surface area (Å²) in [5.41, 5.74) is 2.07. The molecular weight excluding hydrogens is 508 g/mol. The molecule has 2 aromatic carbocycles. The zero-order valence-electron chi connectivity index (χ0n) is 22.1. The van der Waals surface area contributed by atoms with E-state index in [-0.39, 0.29) is 73.6 Å². The number of rotatable bonds is 10. The zero-order chi connectivity index (χ0) is 27.4. The predicted molar refractivity (Wildman–Crippen MR) is 143 cm³/mol. The lowest BCUT2D eigenvalue weighted by molar-refractivity contribution is -0.166. The minimum Gasteiger partial charge on any atom is -0.375 e. The molecule has 8 nitrogen and oxygen atoms in total. The number of carbonyl (C=O) groups is 4. The first-order chi connectivity index (χ1) is 19.6. The van der Waals surface area contributed by atoms with Crippen molar-refractivity contribution in [3.8, 4) is 0 Å². The molecule has 2 saturated heterocycles. The highest BCUT2D eigenvalue weighted by Gasteiger charge is 2.74. The van der Waals surface area contributed by atoms with Gasteiger partial charge >= 0.3 is 0 Å². The van der Waals surface area contributed by atoms with E-state index in [1.54, 1.807) is 0 Å². The molecule has 2 bridgehead atoms. The average molecular weight is 541 g/mol. The van der Waals surface area contributed by atoms with E-state index in [0.29, 0.717) is 13.2 Å². The van der Waals surface area contributed by atoms with Gasteiger partial charge in [0.25, 0.3) is 0 Å². The molecule has 0 radical (unpaired) electrons. The van der Waals surface area contributed by atoms with E-state index < -0.39 is 23.7 Å². The maximum atomic E-state index is 13.5. The summed E-state index contributed by atoms with van der Waals surface area (Å²) in [6.07, 6.45) is 4.07. The van der Waals surface area contributed by atoms with Crippen LogP contribution in [0.25, 0.3) is 0 Å². The molecule has 4 aliphatic carbocycles. The van der Waals surface area contributed by atoms with Gasteiger partial charge in [-0.25, -0.2) is 0 Å². The van der Waals surface area contributed by atoms with Crippen LogP contribution in [0.4, 0.5) is 0 Å². The van der Waals surface area contributed by atoms with Gasteiger partial charge in [-0.3, -0.25) is 29.0 Å². The normalized spacial score (nSPS) is 33.3. The molecule has 0 N–H and O–H groups in total. The van der Waals surface area contributed by atoms with Crippen molar-refractivity contribution in [2.24, 2.45) is 47.3 Å². The van der Waals surface area contributed by atoms with Crippen molar-refractivity contribution < 1.29 is 28.7 Å². The molecule has 40 heavy (non-hydrogen) atoms. The van der Waals surface area contributed by atoms with Crippen LogP contribution < -0.4 is 0 Å². The number of hydrogen-bond donors (Lipinski definition) is 0. The molecule has 2 heterocycles. The van der Waals surface area contributed by atoms with Crippen molar-refractivity contribution in [3.63, 3.8) is 0 Å². The number of fused-ring (bicyclic) bond motifs is 1. The Labute approximate surface area is 232 Å². The molecule has 6 aliphatic rings. The highest BCUT2D eigenvalue weighted by atomic mass is 16.5. The van der Waals surface area contributed by atoms with Gasteiger partial charge in [0.2, 0.25) is 23.6 Å². The number of nitrogens with zero attached hydrogens (tertiary/aromatic N) is 2. The molecule has 0 spiro atoms. The summed E-state index contributed by atoms with van der Waals surface area (Å²) < 4.78 is 11.5. The van der Waals surface area contributed by atoms with Crippen LogP contribution in [0.2, 0.25) is 0 Å². The van der Waals surface area contributed by atoms with E-state index in [9.17, 15) is 19.2 Å². The standard InChI is InChI=1S/C32H32N2O6/c35-29-25-21-11-12-22(26(25)30(36)33(29)13-15-39-17-19-7-3-1-4-8-19)24-23(21)27-28(24)32(38)34(31(27)37)14-16-40-18-20-9-5-2-6-10-20/h1-12,21-28H,13-18H2/t21-,22+,23-,24-,25+,26-,27-,28-/m0/s1. The third-order valence-corrected chi connectivity index (χ3v) is 9.67. The smallest absolute Gasteiger partial charge is 0.233 e. The van der Waals surface area contributed by atoms with Crippen molar-refractivity contribution in [2.75, 3.05) is 26.3 Å². The number of benzene rings is 2. The second-order valence-corrected chi connectivity index (χ2v) is 11.5. The maximum absolute atomic E-state index is 13.5. The molecule has 2 saturated carbocycles. The molecule has 0 aromatic heterocycles. The first-order valence-corrected chi connectivity index (χ1v) is 14.2. The van der Waals surface area contributed by atoms with Crippen LogP contribution in [0.5, 0.6) is 0 Å². The van der Waals surface area contributed by atoms with Gasteiger partial charge in [0.1, 0.15) is 0 Å². The molecule has 0 unspecified atom stereocenters. The summed E-state index contributed by atoms with van der Waals surface area (Å²) >= 11 is 0. The van der Waals surface area contributed by atoms with E-state index in [0.717, 1.165) is 11.1 Å². The van der Waals surface area contributed by atoms with E-state index in [1.165, 1.54) is 9.80 Å². The van der Waals surface area contributed by atoms with E-state index >= 15 is 0 Å². The summed E-state index contributed by atoms with van der Waals surface area (Å²) in [4.78, 5) is 56.6. The van der Waals surface area contributed by atoms with E-state index in [1.807, 2.05) is 72.8 Å². The summed E-state index contributed by atoms with van der Waals surface area (Å²) in [6, 6.07) is 19.5. The number of imide groups is 2. The van der Waals surface area contributed by atoms with E-state index in [2.05, 4.69) is 0 Å². The Morgan fingerprint density at radius 3 is 1.30 bits per heavy atom. The number of amides is 4. The molecule has 206 valence electrons. The van der Waals surface area contributed by atoms with Crippen molar-refractivity contribution in [1.82, 2.24) is 9.80 Å². The van der Waals surface area contributed by atoms with Gasteiger partial charge in [-0.1, -0.05) is 72.8 Å². The fourth-order valence-electron chi connectivity index (χ4n) is 8.01.